The highest BCUT2D eigenvalue weighted by Crippen LogP contribution is 2.13. The second kappa shape index (κ2) is 2.60. The van der Waals surface area contributed by atoms with Gasteiger partial charge in [0.2, 0.25) is 0 Å². The van der Waals surface area contributed by atoms with E-state index in [0.717, 1.165) is 0 Å². The molecule has 0 fully saturated rings. The molecule has 0 aliphatic heterocycles. The van der Waals surface area contributed by atoms with Crippen molar-refractivity contribution >= 4 is 31.9 Å². The maximum atomic E-state index is 7.35. The van der Waals surface area contributed by atoms with Gasteiger partial charge in [0.25, 0.3) is 0 Å². The molecule has 3 heteroatoms. The highest BCUT2D eigenvalue weighted by atomic mass is 79.9. The SMILES string of the molecule is [2H]c1nc([2H])c(Br)c([2H])c1Br. The van der Waals surface area contributed by atoms with Crippen LogP contribution in [0.1, 0.15) is 4.11 Å². The van der Waals surface area contributed by atoms with Crippen molar-refractivity contribution in [3.05, 3.63) is 27.3 Å². The van der Waals surface area contributed by atoms with E-state index in [1.54, 1.807) is 0 Å². The largest absolute Gasteiger partial charge is 0.262 e. The molecule has 0 saturated heterocycles. The zero-order valence-electron chi connectivity index (χ0n) is 6.70. The molecule has 8 heavy (non-hydrogen) atoms. The van der Waals surface area contributed by atoms with Crippen LogP contribution in [0.15, 0.2) is 27.3 Å². The summed E-state index contributed by atoms with van der Waals surface area (Å²) in [6.45, 7) is 0. The summed E-state index contributed by atoms with van der Waals surface area (Å²) in [7, 11) is 0. The van der Waals surface area contributed by atoms with Gasteiger partial charge in [0.15, 0.2) is 0 Å². The molecular formula is C5H3Br2N. The number of aromatic nitrogens is 1. The summed E-state index contributed by atoms with van der Waals surface area (Å²) in [6, 6.07) is 0.0926. The molecule has 1 heterocycles. The van der Waals surface area contributed by atoms with Gasteiger partial charge in [-0.25, -0.2) is 0 Å². The van der Waals surface area contributed by atoms with Crippen LogP contribution in [0.25, 0.3) is 0 Å². The highest BCUT2D eigenvalue weighted by Gasteiger charge is 1.85. The van der Waals surface area contributed by atoms with Crippen LogP contribution in [0.5, 0.6) is 0 Å². The van der Waals surface area contributed by atoms with Crippen molar-refractivity contribution in [1.82, 2.24) is 4.98 Å². The monoisotopic (exact) mass is 238 g/mol. The summed E-state index contributed by atoms with van der Waals surface area (Å²) < 4.78 is 22.3. The van der Waals surface area contributed by atoms with Crippen molar-refractivity contribution < 1.29 is 4.11 Å². The Morgan fingerprint density at radius 3 is 2.38 bits per heavy atom. The minimum absolute atomic E-state index is 0.0804. The number of nitrogens with zero attached hydrogens (tertiary/aromatic N) is 1. The molecule has 1 aromatic heterocycles. The van der Waals surface area contributed by atoms with Gasteiger partial charge in [-0.15, -0.1) is 0 Å². The van der Waals surface area contributed by atoms with Crippen LogP contribution in [0, 0.1) is 0 Å². The molecular weight excluding hydrogens is 234 g/mol. The van der Waals surface area contributed by atoms with E-state index in [1.807, 2.05) is 0 Å². The van der Waals surface area contributed by atoms with E-state index < -0.39 is 0 Å². The van der Waals surface area contributed by atoms with E-state index in [2.05, 4.69) is 36.8 Å². The number of pyridine rings is 1. The van der Waals surface area contributed by atoms with E-state index in [9.17, 15) is 0 Å². The predicted molar refractivity (Wildman–Crippen MR) is 39.6 cm³/mol. The molecule has 0 N–H and O–H groups in total. The molecule has 0 aromatic carbocycles. The van der Waals surface area contributed by atoms with Crippen LogP contribution in [0.3, 0.4) is 0 Å². The summed E-state index contributed by atoms with van der Waals surface area (Å²) in [6.07, 6.45) is -0.161. The van der Waals surface area contributed by atoms with Gasteiger partial charge in [-0.1, -0.05) is 0 Å². The number of hydrogen-bond acceptors (Lipinski definition) is 1. The van der Waals surface area contributed by atoms with Crippen LogP contribution in [-0.4, -0.2) is 4.98 Å². The van der Waals surface area contributed by atoms with Crippen molar-refractivity contribution in [3.63, 3.8) is 0 Å². The van der Waals surface area contributed by atoms with Gasteiger partial charge < -0.3 is 0 Å². The minimum Gasteiger partial charge on any atom is -0.262 e. The minimum atomic E-state index is -0.0804. The molecule has 0 radical (unpaired) electrons. The lowest BCUT2D eigenvalue weighted by atomic mass is 10.5. The van der Waals surface area contributed by atoms with Gasteiger partial charge in [0, 0.05) is 21.3 Å². The van der Waals surface area contributed by atoms with Gasteiger partial charge in [0.05, 0.1) is 4.11 Å². The molecule has 0 atom stereocenters. The Morgan fingerprint density at radius 2 is 1.88 bits per heavy atom. The zero-order valence-corrected chi connectivity index (χ0v) is 6.88. The van der Waals surface area contributed by atoms with E-state index in [0.29, 0.717) is 8.95 Å². The lowest BCUT2D eigenvalue weighted by Gasteiger charge is -1.86. The van der Waals surface area contributed by atoms with Crippen LogP contribution in [-0.2, 0) is 0 Å². The summed E-state index contributed by atoms with van der Waals surface area (Å²) in [5.74, 6) is 0. The maximum absolute atomic E-state index is 7.35. The summed E-state index contributed by atoms with van der Waals surface area (Å²) in [5, 5.41) is 0. The molecule has 0 saturated carbocycles. The fourth-order valence-corrected chi connectivity index (χ4v) is 1.12. The number of halogens is 2. The summed E-state index contributed by atoms with van der Waals surface area (Å²) >= 11 is 6.03. The standard InChI is InChI=1S/C5H3Br2N/c6-4-1-5(7)3-8-2-4/h1-3H/i1D,2D,3D. The van der Waals surface area contributed by atoms with Crippen molar-refractivity contribution in [2.45, 2.75) is 0 Å². The summed E-state index contributed by atoms with van der Waals surface area (Å²) in [5.41, 5.74) is 0. The van der Waals surface area contributed by atoms with Gasteiger partial charge in [-0.05, 0) is 37.9 Å². The topological polar surface area (TPSA) is 12.9 Å². The second-order valence-electron chi connectivity index (χ2n) is 1.09. The highest BCUT2D eigenvalue weighted by molar-refractivity contribution is 9.11. The average Bonchev–Trinajstić information content (AvgIpc) is 1.97. The van der Waals surface area contributed by atoms with Gasteiger partial charge in [0.1, 0.15) is 0 Å². The Bertz CT molecular complexity index is 276. The Labute approximate surface area is 68.6 Å². The van der Waals surface area contributed by atoms with Gasteiger partial charge in [-0.3, -0.25) is 4.98 Å². The molecule has 0 aliphatic rings. The van der Waals surface area contributed by atoms with E-state index in [4.69, 9.17) is 4.11 Å². The Morgan fingerprint density at radius 1 is 1.38 bits per heavy atom. The van der Waals surface area contributed by atoms with E-state index in [-0.39, 0.29) is 18.4 Å². The second-order valence-corrected chi connectivity index (χ2v) is 2.67. The van der Waals surface area contributed by atoms with Crippen LogP contribution >= 0.6 is 31.9 Å². The third-order valence-electron chi connectivity index (χ3n) is 0.528. The predicted octanol–water partition coefficient (Wildman–Crippen LogP) is 2.61. The first-order valence-corrected chi connectivity index (χ1v) is 3.41. The third-order valence-corrected chi connectivity index (χ3v) is 1.28. The van der Waals surface area contributed by atoms with E-state index in [1.165, 1.54) is 0 Å². The molecule has 0 amide bonds. The molecule has 0 aliphatic carbocycles. The fraction of sp³-hybridized carbons (Fsp3) is 0. The van der Waals surface area contributed by atoms with Gasteiger partial charge >= 0.3 is 0 Å². The van der Waals surface area contributed by atoms with E-state index >= 15 is 0 Å². The van der Waals surface area contributed by atoms with Crippen molar-refractivity contribution in [3.8, 4) is 0 Å². The average molecular weight is 240 g/mol. The molecule has 42 valence electrons. The molecule has 1 rings (SSSR count). The normalized spacial score (nSPS) is 14.5. The smallest absolute Gasteiger partial charge is 0.0852 e. The van der Waals surface area contributed by atoms with Crippen molar-refractivity contribution in [2.75, 3.05) is 0 Å². The first-order valence-electron chi connectivity index (χ1n) is 3.33. The lowest BCUT2D eigenvalue weighted by Crippen LogP contribution is -1.69. The molecule has 0 spiro atoms. The Balaban J connectivity index is 3.46. The molecule has 0 unspecified atom stereocenters. The molecule has 0 bridgehead atoms. The van der Waals surface area contributed by atoms with Crippen LogP contribution in [0.4, 0.5) is 0 Å². The lowest BCUT2D eigenvalue weighted by molar-refractivity contribution is 1.29. The molecule has 1 aromatic rings. The maximum Gasteiger partial charge on any atom is 0.0852 e. The van der Waals surface area contributed by atoms with Crippen LogP contribution in [0.2, 0.25) is 0 Å². The first-order chi connectivity index (χ1) is 5.04. The fourth-order valence-electron chi connectivity index (χ4n) is 0.278. The third kappa shape index (κ3) is 1.56. The van der Waals surface area contributed by atoms with Gasteiger partial charge in [-0.2, -0.15) is 0 Å². The first kappa shape index (κ1) is 3.32. The van der Waals surface area contributed by atoms with Crippen molar-refractivity contribution in [1.29, 1.82) is 0 Å². The summed E-state index contributed by atoms with van der Waals surface area (Å²) in [4.78, 5) is 3.55. The zero-order chi connectivity index (χ0) is 8.59. The van der Waals surface area contributed by atoms with Crippen molar-refractivity contribution in [2.24, 2.45) is 0 Å². The number of hydrogen-bond donors (Lipinski definition) is 0. The quantitative estimate of drug-likeness (QED) is 0.679. The molecule has 1 nitrogen and oxygen atoms in total. The van der Waals surface area contributed by atoms with Crippen LogP contribution < -0.4 is 0 Å². The Kier molecular flexibility index (Phi) is 1.08. The Hall–Kier alpha value is 0.110. The number of rotatable bonds is 0.